The molecule has 0 bridgehead atoms. The van der Waals surface area contributed by atoms with E-state index >= 15 is 0 Å². The molecule has 0 fully saturated rings. The fourth-order valence-corrected chi connectivity index (χ4v) is 6.71. The molecule has 1 N–H and O–H groups in total. The van der Waals surface area contributed by atoms with Gasteiger partial charge in [0, 0.05) is 11.4 Å². The summed E-state index contributed by atoms with van der Waals surface area (Å²) < 4.78 is 21.3. The monoisotopic (exact) mass is 541 g/mol. The highest BCUT2D eigenvalue weighted by Crippen LogP contribution is 2.45. The Morgan fingerprint density at radius 1 is 1.35 bits per heavy atom. The molecule has 1 amide bonds. The molecular weight excluding hydrogens is 509 g/mol. The minimum Gasteiger partial charge on any atom is -0.483 e. The van der Waals surface area contributed by atoms with E-state index in [-0.39, 0.29) is 29.4 Å². The smallest absolute Gasteiger partial charge is 0.235 e. The lowest BCUT2D eigenvalue weighted by atomic mass is 9.69. The summed E-state index contributed by atoms with van der Waals surface area (Å²) in [5.41, 5.74) is 1.96. The second-order valence-electron chi connectivity index (χ2n) is 9.80. The Balaban J connectivity index is 1.39. The second-order valence-corrected chi connectivity index (χ2v) is 11.8. The first-order chi connectivity index (χ1) is 17.8. The van der Waals surface area contributed by atoms with Crippen LogP contribution in [0.15, 0.2) is 29.4 Å². The quantitative estimate of drug-likeness (QED) is 0.306. The van der Waals surface area contributed by atoms with Gasteiger partial charge in [0.15, 0.2) is 22.5 Å². The molecule has 2 aromatic heterocycles. The minimum atomic E-state index is -0.437. The Morgan fingerprint density at radius 2 is 2.14 bits per heavy atom. The maximum Gasteiger partial charge on any atom is 0.235 e. The molecule has 1 aliphatic carbocycles. The van der Waals surface area contributed by atoms with Crippen molar-refractivity contribution in [2.75, 3.05) is 11.1 Å². The van der Waals surface area contributed by atoms with Crippen LogP contribution in [0.4, 0.5) is 9.39 Å². The number of nitrogens with zero attached hydrogens (tertiary/aromatic N) is 4. The zero-order chi connectivity index (χ0) is 26.6. The van der Waals surface area contributed by atoms with E-state index in [0.717, 1.165) is 31.2 Å². The van der Waals surface area contributed by atoms with Crippen LogP contribution in [-0.4, -0.2) is 26.4 Å². The van der Waals surface area contributed by atoms with Gasteiger partial charge in [0.1, 0.15) is 17.7 Å². The summed E-state index contributed by atoms with van der Waals surface area (Å²) in [6.45, 7) is 9.45. The Hall–Kier alpha value is -2.90. The average Bonchev–Trinajstić information content (AvgIpc) is 3.45. The normalized spacial score (nSPS) is 15.2. The fraction of sp³-hybridized carbons (Fsp3) is 0.481. The molecule has 4 rings (SSSR count). The van der Waals surface area contributed by atoms with Gasteiger partial charge in [0.2, 0.25) is 5.91 Å². The Labute approximate surface area is 225 Å². The van der Waals surface area contributed by atoms with Gasteiger partial charge in [-0.05, 0) is 55.2 Å². The summed E-state index contributed by atoms with van der Waals surface area (Å²) in [4.78, 5) is 14.1. The van der Waals surface area contributed by atoms with Crippen LogP contribution in [0.2, 0.25) is 0 Å². The maximum absolute atomic E-state index is 13.8. The first-order valence-electron chi connectivity index (χ1n) is 12.5. The van der Waals surface area contributed by atoms with Gasteiger partial charge in [-0.25, -0.2) is 4.39 Å². The molecule has 0 saturated carbocycles. The van der Waals surface area contributed by atoms with Crippen molar-refractivity contribution in [1.82, 2.24) is 14.8 Å². The predicted octanol–water partition coefficient (Wildman–Crippen LogP) is 6.22. The van der Waals surface area contributed by atoms with Gasteiger partial charge >= 0.3 is 0 Å². The van der Waals surface area contributed by atoms with Crippen LogP contribution >= 0.6 is 23.1 Å². The van der Waals surface area contributed by atoms with Gasteiger partial charge in [0.25, 0.3) is 0 Å². The highest BCUT2D eigenvalue weighted by atomic mass is 32.2. The number of amides is 1. The van der Waals surface area contributed by atoms with Gasteiger partial charge in [-0.3, -0.25) is 4.79 Å². The summed E-state index contributed by atoms with van der Waals surface area (Å²) >= 11 is 2.81. The number of thioether (sulfide) groups is 1. The number of carbonyl (C=O) groups is 1. The van der Waals surface area contributed by atoms with Crippen molar-refractivity contribution < 1.29 is 13.9 Å². The molecule has 0 spiro atoms. The van der Waals surface area contributed by atoms with E-state index in [1.165, 1.54) is 22.7 Å². The second kappa shape index (κ2) is 11.7. The number of anilines is 1. The summed E-state index contributed by atoms with van der Waals surface area (Å²) in [6.07, 6.45) is 4.02. The van der Waals surface area contributed by atoms with Gasteiger partial charge < -0.3 is 14.6 Å². The number of ether oxygens (including phenoxy) is 1. The number of hydrogen-bond donors (Lipinski definition) is 1. The number of benzene rings is 1. The first-order valence-corrected chi connectivity index (χ1v) is 14.3. The Morgan fingerprint density at radius 3 is 2.84 bits per heavy atom. The molecular formula is C27H32FN5O2S2. The topological polar surface area (TPSA) is 92.8 Å². The van der Waals surface area contributed by atoms with Gasteiger partial charge in [-0.1, -0.05) is 51.1 Å². The Kier molecular flexibility index (Phi) is 8.55. The SMILES string of the molecule is CCn1c(COc2ccccc2F)nnc1SCC(=O)Nc1sc2c(c1C#N)CC[C@H](C(C)(C)CC)C2. The summed E-state index contributed by atoms with van der Waals surface area (Å²) in [6, 6.07) is 8.53. The van der Waals surface area contributed by atoms with Crippen molar-refractivity contribution in [1.29, 1.82) is 5.26 Å². The lowest BCUT2D eigenvalue weighted by Gasteiger charge is -2.36. The third kappa shape index (κ3) is 5.99. The number of fused-ring (bicyclic) bond motifs is 1. The minimum absolute atomic E-state index is 0.0661. The molecule has 0 saturated heterocycles. The highest BCUT2D eigenvalue weighted by Gasteiger charge is 2.34. The van der Waals surface area contributed by atoms with Gasteiger partial charge in [0.05, 0.1) is 11.3 Å². The predicted molar refractivity (Wildman–Crippen MR) is 144 cm³/mol. The van der Waals surface area contributed by atoms with Crippen molar-refractivity contribution in [2.24, 2.45) is 11.3 Å². The molecule has 10 heteroatoms. The number of hydrogen-bond acceptors (Lipinski definition) is 7. The highest BCUT2D eigenvalue weighted by molar-refractivity contribution is 7.99. The van der Waals surface area contributed by atoms with E-state index in [9.17, 15) is 14.4 Å². The standard InChI is InChI=1S/C27H32FN5O2S2/c1-5-27(3,4)17-11-12-18-19(14-29)25(37-22(18)13-17)30-24(34)16-36-26-32-31-23(33(26)6-2)15-35-21-10-8-7-9-20(21)28/h7-10,17H,5-6,11-13,15-16H2,1-4H3,(H,30,34)/t17-/m0/s1. The third-order valence-corrected chi connectivity index (χ3v) is 9.42. The fourth-order valence-electron chi connectivity index (χ4n) is 4.60. The number of halogens is 1. The summed E-state index contributed by atoms with van der Waals surface area (Å²) in [5, 5.41) is 22.4. The van der Waals surface area contributed by atoms with Crippen LogP contribution < -0.4 is 10.1 Å². The first kappa shape index (κ1) is 27.1. The molecule has 37 heavy (non-hydrogen) atoms. The number of thiophene rings is 1. The number of nitrogens with one attached hydrogen (secondary N) is 1. The molecule has 1 aliphatic rings. The van der Waals surface area contributed by atoms with Crippen molar-refractivity contribution >= 4 is 34.0 Å². The van der Waals surface area contributed by atoms with Crippen LogP contribution in [0.1, 0.15) is 62.4 Å². The van der Waals surface area contributed by atoms with Crippen molar-refractivity contribution in [3.63, 3.8) is 0 Å². The molecule has 1 aromatic carbocycles. The van der Waals surface area contributed by atoms with Crippen LogP contribution in [0.25, 0.3) is 0 Å². The molecule has 0 unspecified atom stereocenters. The maximum atomic E-state index is 13.8. The van der Waals surface area contributed by atoms with Crippen molar-refractivity contribution in [3.8, 4) is 11.8 Å². The number of aromatic nitrogens is 3. The number of rotatable bonds is 10. The van der Waals surface area contributed by atoms with Gasteiger partial charge in [-0.15, -0.1) is 21.5 Å². The number of para-hydroxylation sites is 1. The largest absolute Gasteiger partial charge is 0.483 e. The number of carbonyl (C=O) groups excluding carboxylic acids is 1. The molecule has 0 aliphatic heterocycles. The van der Waals surface area contributed by atoms with Crippen molar-refractivity contribution in [2.45, 2.75) is 71.7 Å². The van der Waals surface area contributed by atoms with Crippen LogP contribution in [0.3, 0.4) is 0 Å². The van der Waals surface area contributed by atoms with Crippen LogP contribution in [0.5, 0.6) is 5.75 Å². The molecule has 2 heterocycles. The zero-order valence-corrected chi connectivity index (χ0v) is 23.3. The Bertz CT molecular complexity index is 1310. The van der Waals surface area contributed by atoms with Crippen LogP contribution in [-0.2, 0) is 30.8 Å². The van der Waals surface area contributed by atoms with E-state index in [4.69, 9.17) is 4.74 Å². The molecule has 3 aromatic rings. The third-order valence-electron chi connectivity index (χ3n) is 7.28. The van der Waals surface area contributed by atoms with Gasteiger partial charge in [-0.2, -0.15) is 5.26 Å². The number of nitriles is 1. The molecule has 0 radical (unpaired) electrons. The van der Waals surface area contributed by atoms with E-state index in [1.807, 2.05) is 11.5 Å². The zero-order valence-electron chi connectivity index (χ0n) is 21.6. The van der Waals surface area contributed by atoms with E-state index < -0.39 is 5.82 Å². The average molecular weight is 542 g/mol. The van der Waals surface area contributed by atoms with E-state index in [2.05, 4.69) is 42.4 Å². The lowest BCUT2D eigenvalue weighted by molar-refractivity contribution is -0.113. The van der Waals surface area contributed by atoms with E-state index in [1.54, 1.807) is 29.5 Å². The lowest BCUT2D eigenvalue weighted by Crippen LogP contribution is -2.28. The summed E-state index contributed by atoms with van der Waals surface area (Å²) in [5.74, 6) is 0.777. The van der Waals surface area contributed by atoms with Crippen LogP contribution in [0, 0.1) is 28.5 Å². The molecule has 7 nitrogen and oxygen atoms in total. The molecule has 196 valence electrons. The van der Waals surface area contributed by atoms with Crippen molar-refractivity contribution in [3.05, 3.63) is 51.9 Å². The van der Waals surface area contributed by atoms with E-state index in [0.29, 0.717) is 34.0 Å². The molecule has 1 atom stereocenters. The summed E-state index contributed by atoms with van der Waals surface area (Å²) in [7, 11) is 0.